The molecule has 10 heteroatoms. The van der Waals surface area contributed by atoms with E-state index in [4.69, 9.17) is 16.3 Å². The molecular formula is C23H21ClN4O4S. The lowest BCUT2D eigenvalue weighted by atomic mass is 10.1. The Morgan fingerprint density at radius 1 is 1.12 bits per heavy atom. The van der Waals surface area contributed by atoms with Crippen molar-refractivity contribution in [1.82, 2.24) is 14.9 Å². The summed E-state index contributed by atoms with van der Waals surface area (Å²) in [6.07, 6.45) is 1.56. The largest absolute Gasteiger partial charge is 0.497 e. The van der Waals surface area contributed by atoms with Crippen LogP contribution in [0.5, 0.6) is 5.75 Å². The number of hydrogen-bond donors (Lipinski definition) is 3. The molecule has 0 aliphatic carbocycles. The van der Waals surface area contributed by atoms with Gasteiger partial charge in [-0.05, 0) is 41.5 Å². The van der Waals surface area contributed by atoms with Crippen molar-refractivity contribution in [3.63, 3.8) is 0 Å². The first-order valence-electron chi connectivity index (χ1n) is 9.99. The number of amides is 1. The topological polar surface area (TPSA) is 113 Å². The lowest BCUT2D eigenvalue weighted by Gasteiger charge is -2.11. The molecule has 0 radical (unpaired) electrons. The fourth-order valence-electron chi connectivity index (χ4n) is 3.33. The second-order valence-corrected chi connectivity index (χ2v) is 9.42. The first-order valence-corrected chi connectivity index (χ1v) is 11.9. The van der Waals surface area contributed by atoms with Crippen molar-refractivity contribution < 1.29 is 17.9 Å². The lowest BCUT2D eigenvalue weighted by Crippen LogP contribution is -2.24. The summed E-state index contributed by atoms with van der Waals surface area (Å²) in [5.74, 6) is 0.356. The SMILES string of the molecule is COc1ccc(CNS(=O)(=O)c2cc(NC(=O)Cc3ccccc3Cl)cc3n[nH]cc23)cc1. The number of carbonyl (C=O) groups is 1. The van der Waals surface area contributed by atoms with E-state index in [9.17, 15) is 13.2 Å². The van der Waals surface area contributed by atoms with Crippen LogP contribution in [-0.2, 0) is 27.8 Å². The predicted molar refractivity (Wildman–Crippen MR) is 127 cm³/mol. The summed E-state index contributed by atoms with van der Waals surface area (Å²) in [7, 11) is -2.34. The fourth-order valence-corrected chi connectivity index (χ4v) is 4.78. The molecule has 4 aromatic rings. The molecule has 1 heterocycles. The molecule has 8 nitrogen and oxygen atoms in total. The number of sulfonamides is 1. The molecule has 33 heavy (non-hydrogen) atoms. The molecule has 0 spiro atoms. The lowest BCUT2D eigenvalue weighted by molar-refractivity contribution is -0.115. The molecule has 3 aromatic carbocycles. The summed E-state index contributed by atoms with van der Waals surface area (Å²) in [5.41, 5.74) is 2.17. The number of carbonyl (C=O) groups excluding carboxylic acids is 1. The van der Waals surface area contributed by atoms with Crippen molar-refractivity contribution in [2.24, 2.45) is 0 Å². The van der Waals surface area contributed by atoms with Crippen LogP contribution in [-0.4, -0.2) is 31.6 Å². The third-order valence-corrected chi connectivity index (χ3v) is 6.83. The van der Waals surface area contributed by atoms with E-state index in [1.165, 1.54) is 12.3 Å². The standard InChI is InChI=1S/C23H21ClN4O4S/c1-32-18-8-6-15(7-9-18)13-26-33(30,31)22-12-17(11-21-19(22)14-25-28-21)27-23(29)10-16-4-2-3-5-20(16)24/h2-9,11-12,14,26H,10,13H2,1H3,(H,25,28)(H,27,29). The van der Waals surface area contributed by atoms with E-state index in [0.717, 1.165) is 5.56 Å². The van der Waals surface area contributed by atoms with Crippen LogP contribution in [0.2, 0.25) is 5.02 Å². The van der Waals surface area contributed by atoms with Crippen LogP contribution >= 0.6 is 11.6 Å². The normalized spacial score (nSPS) is 11.5. The number of anilines is 1. The zero-order valence-electron chi connectivity index (χ0n) is 17.6. The molecule has 0 saturated heterocycles. The summed E-state index contributed by atoms with van der Waals surface area (Å²) in [5, 5.41) is 10.4. The molecule has 0 aliphatic heterocycles. The van der Waals surface area contributed by atoms with Gasteiger partial charge in [0, 0.05) is 28.8 Å². The Morgan fingerprint density at radius 3 is 2.61 bits per heavy atom. The Kier molecular flexibility index (Phi) is 6.64. The van der Waals surface area contributed by atoms with E-state index in [0.29, 0.717) is 32.9 Å². The molecule has 0 saturated carbocycles. The molecule has 170 valence electrons. The summed E-state index contributed by atoms with van der Waals surface area (Å²) in [6.45, 7) is 0.0920. The maximum Gasteiger partial charge on any atom is 0.241 e. The second-order valence-electron chi connectivity index (χ2n) is 7.28. The minimum absolute atomic E-state index is 0.00954. The molecule has 4 rings (SSSR count). The van der Waals surface area contributed by atoms with Gasteiger partial charge in [0.05, 0.1) is 23.9 Å². The molecule has 1 amide bonds. The summed E-state index contributed by atoms with van der Waals surface area (Å²) in [6, 6.07) is 17.1. The van der Waals surface area contributed by atoms with Crippen LogP contribution in [0.1, 0.15) is 11.1 Å². The van der Waals surface area contributed by atoms with Gasteiger partial charge in [0.15, 0.2) is 0 Å². The molecule has 0 fully saturated rings. The monoisotopic (exact) mass is 484 g/mol. The van der Waals surface area contributed by atoms with Crippen LogP contribution in [0.25, 0.3) is 10.9 Å². The number of ether oxygens (including phenoxy) is 1. The number of hydrogen-bond acceptors (Lipinski definition) is 5. The van der Waals surface area contributed by atoms with Gasteiger partial charge < -0.3 is 10.1 Å². The molecule has 1 aromatic heterocycles. The zero-order valence-corrected chi connectivity index (χ0v) is 19.2. The van der Waals surface area contributed by atoms with Crippen molar-refractivity contribution in [2.75, 3.05) is 12.4 Å². The molecule has 0 aliphatic rings. The van der Waals surface area contributed by atoms with Crippen molar-refractivity contribution in [2.45, 2.75) is 17.9 Å². The Morgan fingerprint density at radius 2 is 1.88 bits per heavy atom. The maximum absolute atomic E-state index is 13.1. The smallest absolute Gasteiger partial charge is 0.241 e. The molecule has 0 atom stereocenters. The summed E-state index contributed by atoms with van der Waals surface area (Å²) in [4.78, 5) is 12.6. The first-order chi connectivity index (χ1) is 15.9. The van der Waals surface area contributed by atoms with E-state index in [1.54, 1.807) is 61.7 Å². The van der Waals surface area contributed by atoms with E-state index in [1.807, 2.05) is 0 Å². The highest BCUT2D eigenvalue weighted by Gasteiger charge is 2.20. The van der Waals surface area contributed by atoms with Crippen LogP contribution in [0, 0.1) is 0 Å². The van der Waals surface area contributed by atoms with Crippen molar-refractivity contribution >= 4 is 44.1 Å². The Labute approximate surface area is 196 Å². The number of benzene rings is 3. The van der Waals surface area contributed by atoms with Crippen molar-refractivity contribution in [3.05, 3.63) is 83.0 Å². The number of rotatable bonds is 8. The van der Waals surface area contributed by atoms with Gasteiger partial charge >= 0.3 is 0 Å². The summed E-state index contributed by atoms with van der Waals surface area (Å²) >= 11 is 6.13. The number of nitrogens with one attached hydrogen (secondary N) is 3. The highest BCUT2D eigenvalue weighted by molar-refractivity contribution is 7.89. The van der Waals surface area contributed by atoms with E-state index in [2.05, 4.69) is 20.2 Å². The van der Waals surface area contributed by atoms with Crippen molar-refractivity contribution in [3.8, 4) is 5.75 Å². The molecule has 0 bridgehead atoms. The van der Waals surface area contributed by atoms with Gasteiger partial charge in [-0.1, -0.05) is 41.9 Å². The Balaban J connectivity index is 1.56. The van der Waals surface area contributed by atoms with Gasteiger partial charge in [-0.2, -0.15) is 5.10 Å². The number of H-pyrrole nitrogens is 1. The van der Waals surface area contributed by atoms with Gasteiger partial charge in [-0.3, -0.25) is 9.89 Å². The average Bonchev–Trinajstić information content (AvgIpc) is 3.27. The number of fused-ring (bicyclic) bond motifs is 1. The van der Waals surface area contributed by atoms with Gasteiger partial charge in [0.25, 0.3) is 0 Å². The molecule has 0 unspecified atom stereocenters. The number of halogens is 1. The van der Waals surface area contributed by atoms with Gasteiger partial charge in [0.1, 0.15) is 5.75 Å². The maximum atomic E-state index is 13.1. The number of methoxy groups -OCH3 is 1. The van der Waals surface area contributed by atoms with E-state index < -0.39 is 10.0 Å². The minimum Gasteiger partial charge on any atom is -0.497 e. The predicted octanol–water partition coefficient (Wildman–Crippen LogP) is 3.88. The number of aromatic nitrogens is 2. The molecular weight excluding hydrogens is 464 g/mol. The minimum atomic E-state index is -3.91. The highest BCUT2D eigenvalue weighted by Crippen LogP contribution is 2.27. The first kappa shape index (κ1) is 22.8. The van der Waals surface area contributed by atoms with E-state index >= 15 is 0 Å². The second kappa shape index (κ2) is 9.62. The van der Waals surface area contributed by atoms with Gasteiger partial charge in [0.2, 0.25) is 15.9 Å². The zero-order chi connectivity index (χ0) is 23.4. The Bertz CT molecular complexity index is 1400. The van der Waals surface area contributed by atoms with Crippen LogP contribution in [0.15, 0.2) is 71.8 Å². The molecule has 3 N–H and O–H groups in total. The fraction of sp³-hybridized carbons (Fsp3) is 0.130. The average molecular weight is 485 g/mol. The quantitative estimate of drug-likeness (QED) is 0.351. The van der Waals surface area contributed by atoms with E-state index in [-0.39, 0.29) is 23.8 Å². The summed E-state index contributed by atoms with van der Waals surface area (Å²) < 4.78 is 33.9. The van der Waals surface area contributed by atoms with Crippen LogP contribution < -0.4 is 14.8 Å². The number of nitrogens with zero attached hydrogens (tertiary/aromatic N) is 1. The van der Waals surface area contributed by atoms with Gasteiger partial charge in [-0.15, -0.1) is 0 Å². The van der Waals surface area contributed by atoms with Gasteiger partial charge in [-0.25, -0.2) is 13.1 Å². The third kappa shape index (κ3) is 5.33. The Hall–Kier alpha value is -3.40. The number of aromatic amines is 1. The van der Waals surface area contributed by atoms with Crippen LogP contribution in [0.4, 0.5) is 5.69 Å². The van der Waals surface area contributed by atoms with Crippen molar-refractivity contribution in [1.29, 1.82) is 0 Å². The third-order valence-electron chi connectivity index (χ3n) is 5.02. The van der Waals surface area contributed by atoms with Crippen LogP contribution in [0.3, 0.4) is 0 Å². The highest BCUT2D eigenvalue weighted by atomic mass is 35.5.